The van der Waals surface area contributed by atoms with Crippen LogP contribution >= 0.6 is 0 Å². The number of allylic oxidation sites excluding steroid dienone is 1. The van der Waals surface area contributed by atoms with Gasteiger partial charge in [0.05, 0.1) is 0 Å². The highest BCUT2D eigenvalue weighted by Crippen LogP contribution is 2.16. The van der Waals surface area contributed by atoms with Crippen LogP contribution < -0.4 is 5.32 Å². The van der Waals surface area contributed by atoms with E-state index in [2.05, 4.69) is 63.4 Å². The molecular weight excluding hydrogens is 182 g/mol. The predicted octanol–water partition coefficient (Wildman–Crippen LogP) is 4.19. The smallest absolute Gasteiger partial charge is 0.0342 e. The van der Waals surface area contributed by atoms with Crippen molar-refractivity contribution in [2.24, 2.45) is 0 Å². The molecule has 0 bridgehead atoms. The quantitative estimate of drug-likeness (QED) is 0.723. The first-order valence-electron chi connectivity index (χ1n) is 5.57. The van der Waals surface area contributed by atoms with Crippen molar-refractivity contribution in [1.82, 2.24) is 0 Å². The zero-order valence-electron chi connectivity index (χ0n) is 10.2. The number of hydrogen-bond donors (Lipinski definition) is 1. The van der Waals surface area contributed by atoms with Crippen molar-refractivity contribution in [3.8, 4) is 0 Å². The fourth-order valence-corrected chi connectivity index (χ4v) is 1.36. The van der Waals surface area contributed by atoms with E-state index in [0.29, 0.717) is 5.92 Å². The van der Waals surface area contributed by atoms with E-state index in [0.717, 1.165) is 6.54 Å². The fraction of sp³-hybridized carbons (Fsp3) is 0.429. The van der Waals surface area contributed by atoms with E-state index in [9.17, 15) is 0 Å². The Kier molecular flexibility index (Phi) is 4.41. The average Bonchev–Trinajstić information content (AvgIpc) is 2.18. The van der Waals surface area contributed by atoms with Gasteiger partial charge in [-0.2, -0.15) is 0 Å². The van der Waals surface area contributed by atoms with Gasteiger partial charge in [0.15, 0.2) is 0 Å². The van der Waals surface area contributed by atoms with Gasteiger partial charge in [-0.05, 0) is 37.5 Å². The normalized spacial score (nSPS) is 10.2. The Bertz CT molecular complexity index is 316. The van der Waals surface area contributed by atoms with Crippen LogP contribution in [0, 0.1) is 0 Å². The maximum absolute atomic E-state index is 3.37. The summed E-state index contributed by atoms with van der Waals surface area (Å²) in [4.78, 5) is 0. The van der Waals surface area contributed by atoms with Crippen LogP contribution in [-0.2, 0) is 0 Å². The summed E-state index contributed by atoms with van der Waals surface area (Å²) in [6, 6.07) is 8.67. The lowest BCUT2D eigenvalue weighted by Crippen LogP contribution is -1.98. The fourth-order valence-electron chi connectivity index (χ4n) is 1.36. The Morgan fingerprint density at radius 1 is 1.20 bits per heavy atom. The van der Waals surface area contributed by atoms with Gasteiger partial charge in [0.1, 0.15) is 0 Å². The number of benzene rings is 1. The molecule has 15 heavy (non-hydrogen) atoms. The Hall–Kier alpha value is -1.24. The molecule has 0 amide bonds. The van der Waals surface area contributed by atoms with Gasteiger partial charge < -0.3 is 5.32 Å². The summed E-state index contributed by atoms with van der Waals surface area (Å²) in [5.74, 6) is 0.608. The van der Waals surface area contributed by atoms with E-state index < -0.39 is 0 Å². The van der Waals surface area contributed by atoms with Gasteiger partial charge in [0.25, 0.3) is 0 Å². The zero-order chi connectivity index (χ0) is 11.3. The minimum atomic E-state index is 0.608. The summed E-state index contributed by atoms with van der Waals surface area (Å²) < 4.78 is 0. The molecule has 1 aromatic carbocycles. The largest absolute Gasteiger partial charge is 0.382 e. The lowest BCUT2D eigenvalue weighted by atomic mass is 10.0. The Labute approximate surface area is 93.2 Å². The number of rotatable bonds is 4. The monoisotopic (exact) mass is 203 g/mol. The van der Waals surface area contributed by atoms with Crippen molar-refractivity contribution in [2.45, 2.75) is 33.6 Å². The van der Waals surface area contributed by atoms with Crippen LogP contribution in [0.25, 0.3) is 0 Å². The molecule has 0 aliphatic heterocycles. The Balaban J connectivity index is 2.53. The van der Waals surface area contributed by atoms with Crippen molar-refractivity contribution in [3.05, 3.63) is 41.5 Å². The van der Waals surface area contributed by atoms with Crippen LogP contribution in [0.15, 0.2) is 35.9 Å². The SMILES string of the molecule is CC(C)=CCNc1ccc(C(C)C)cc1. The van der Waals surface area contributed by atoms with E-state index in [1.54, 1.807) is 0 Å². The van der Waals surface area contributed by atoms with E-state index in [-0.39, 0.29) is 0 Å². The lowest BCUT2D eigenvalue weighted by molar-refractivity contribution is 0.867. The molecule has 0 aromatic heterocycles. The molecule has 0 radical (unpaired) electrons. The first kappa shape index (κ1) is 11.8. The standard InChI is InChI=1S/C14H21N/c1-11(2)9-10-15-14-7-5-13(6-8-14)12(3)4/h5-9,12,15H,10H2,1-4H3. The summed E-state index contributed by atoms with van der Waals surface area (Å²) in [6.07, 6.45) is 2.19. The summed E-state index contributed by atoms with van der Waals surface area (Å²) in [5.41, 5.74) is 3.93. The molecule has 1 N–H and O–H groups in total. The maximum atomic E-state index is 3.37. The Morgan fingerprint density at radius 3 is 2.27 bits per heavy atom. The van der Waals surface area contributed by atoms with E-state index in [4.69, 9.17) is 0 Å². The summed E-state index contributed by atoms with van der Waals surface area (Å²) >= 11 is 0. The average molecular weight is 203 g/mol. The van der Waals surface area contributed by atoms with Gasteiger partial charge >= 0.3 is 0 Å². The van der Waals surface area contributed by atoms with Gasteiger partial charge in [0.2, 0.25) is 0 Å². The summed E-state index contributed by atoms with van der Waals surface area (Å²) in [5, 5.41) is 3.37. The third kappa shape index (κ3) is 4.20. The topological polar surface area (TPSA) is 12.0 Å². The number of nitrogens with one attached hydrogen (secondary N) is 1. The van der Waals surface area contributed by atoms with Crippen molar-refractivity contribution < 1.29 is 0 Å². The minimum Gasteiger partial charge on any atom is -0.382 e. The van der Waals surface area contributed by atoms with Crippen LogP contribution in [0.5, 0.6) is 0 Å². The number of hydrogen-bond acceptors (Lipinski definition) is 1. The molecule has 0 unspecified atom stereocenters. The second-order valence-corrected chi connectivity index (χ2v) is 4.44. The van der Waals surface area contributed by atoms with Crippen molar-refractivity contribution in [2.75, 3.05) is 11.9 Å². The van der Waals surface area contributed by atoms with E-state index in [1.165, 1.54) is 16.8 Å². The minimum absolute atomic E-state index is 0.608. The molecule has 0 spiro atoms. The lowest BCUT2D eigenvalue weighted by Gasteiger charge is -2.07. The molecule has 0 saturated heterocycles. The van der Waals surface area contributed by atoms with E-state index >= 15 is 0 Å². The maximum Gasteiger partial charge on any atom is 0.0342 e. The van der Waals surface area contributed by atoms with Gasteiger partial charge in [0, 0.05) is 12.2 Å². The van der Waals surface area contributed by atoms with Crippen LogP contribution in [-0.4, -0.2) is 6.54 Å². The zero-order valence-corrected chi connectivity index (χ0v) is 10.2. The van der Waals surface area contributed by atoms with Gasteiger partial charge in [-0.15, -0.1) is 0 Å². The van der Waals surface area contributed by atoms with Gasteiger partial charge in [-0.1, -0.05) is 37.6 Å². The molecule has 1 nitrogen and oxygen atoms in total. The number of anilines is 1. The highest BCUT2D eigenvalue weighted by Gasteiger charge is 1.97. The molecule has 0 fully saturated rings. The highest BCUT2D eigenvalue weighted by molar-refractivity contribution is 5.45. The summed E-state index contributed by atoms with van der Waals surface area (Å²) in [6.45, 7) is 9.56. The molecule has 0 aliphatic rings. The highest BCUT2D eigenvalue weighted by atomic mass is 14.8. The third-order valence-electron chi connectivity index (χ3n) is 2.39. The molecule has 1 heteroatoms. The van der Waals surface area contributed by atoms with Gasteiger partial charge in [-0.25, -0.2) is 0 Å². The molecule has 0 atom stereocenters. The van der Waals surface area contributed by atoms with Crippen LogP contribution in [0.1, 0.15) is 39.2 Å². The van der Waals surface area contributed by atoms with Crippen molar-refractivity contribution in [1.29, 1.82) is 0 Å². The summed E-state index contributed by atoms with van der Waals surface area (Å²) in [7, 11) is 0. The second kappa shape index (κ2) is 5.59. The predicted molar refractivity (Wildman–Crippen MR) is 68.5 cm³/mol. The van der Waals surface area contributed by atoms with E-state index in [1.807, 2.05) is 0 Å². The molecule has 0 saturated carbocycles. The Morgan fingerprint density at radius 2 is 1.80 bits per heavy atom. The van der Waals surface area contributed by atoms with Crippen molar-refractivity contribution >= 4 is 5.69 Å². The van der Waals surface area contributed by atoms with Crippen LogP contribution in [0.4, 0.5) is 5.69 Å². The molecule has 0 aliphatic carbocycles. The molecular formula is C14H21N. The third-order valence-corrected chi connectivity index (χ3v) is 2.39. The molecule has 82 valence electrons. The van der Waals surface area contributed by atoms with Crippen LogP contribution in [0.3, 0.4) is 0 Å². The van der Waals surface area contributed by atoms with Crippen LogP contribution in [0.2, 0.25) is 0 Å². The molecule has 0 heterocycles. The second-order valence-electron chi connectivity index (χ2n) is 4.44. The first-order chi connectivity index (χ1) is 7.09. The molecule has 1 aromatic rings. The van der Waals surface area contributed by atoms with Gasteiger partial charge in [-0.3, -0.25) is 0 Å². The first-order valence-corrected chi connectivity index (χ1v) is 5.57. The molecule has 1 rings (SSSR count). The van der Waals surface area contributed by atoms with Crippen molar-refractivity contribution in [3.63, 3.8) is 0 Å².